The van der Waals surface area contributed by atoms with E-state index >= 15 is 0 Å². The molecule has 0 fully saturated rings. The van der Waals surface area contributed by atoms with Crippen molar-refractivity contribution in [3.05, 3.63) is 54.7 Å². The summed E-state index contributed by atoms with van der Waals surface area (Å²) in [6, 6.07) is 15.3. The number of hydrogen-bond donors (Lipinski definition) is 0. The molecule has 1 heterocycles. The zero-order valence-corrected chi connectivity index (χ0v) is 13.1. The van der Waals surface area contributed by atoms with E-state index in [0.717, 1.165) is 28.4 Å². The lowest BCUT2D eigenvalue weighted by Gasteiger charge is -2.01. The van der Waals surface area contributed by atoms with E-state index in [2.05, 4.69) is 4.98 Å². The molecule has 1 aromatic heterocycles. The maximum absolute atomic E-state index is 5.81. The molecule has 3 aromatic rings. The number of rotatable bonds is 4. The topological polar surface area (TPSA) is 44.5 Å². The Morgan fingerprint density at radius 2 is 1.27 bits per heavy atom. The molecule has 3 rings (SSSR count). The van der Waals surface area contributed by atoms with E-state index in [1.165, 1.54) is 0 Å². The number of hydrogen-bond acceptors (Lipinski definition) is 4. The maximum Gasteiger partial charge on any atom is 0.226 e. The Kier molecular flexibility index (Phi) is 5.07. The minimum Gasteiger partial charge on any atom is -0.497 e. The molecule has 0 aliphatic rings. The van der Waals surface area contributed by atoms with E-state index in [1.807, 2.05) is 48.5 Å². The van der Waals surface area contributed by atoms with E-state index in [4.69, 9.17) is 13.9 Å². The highest BCUT2D eigenvalue weighted by Crippen LogP contribution is 2.28. The van der Waals surface area contributed by atoms with Gasteiger partial charge >= 0.3 is 0 Å². The van der Waals surface area contributed by atoms with Crippen molar-refractivity contribution in [3.63, 3.8) is 0 Å². The fourth-order valence-electron chi connectivity index (χ4n) is 2.03. The molecule has 0 aliphatic heterocycles. The smallest absolute Gasteiger partial charge is 0.226 e. The Bertz CT molecular complexity index is 658. The van der Waals surface area contributed by atoms with E-state index in [9.17, 15) is 0 Å². The van der Waals surface area contributed by atoms with Crippen LogP contribution in [0.5, 0.6) is 11.5 Å². The minimum atomic E-state index is 0. The first-order chi connectivity index (χ1) is 10.3. The molecule has 4 nitrogen and oxygen atoms in total. The van der Waals surface area contributed by atoms with Crippen LogP contribution in [-0.2, 0) is 0 Å². The van der Waals surface area contributed by atoms with Crippen molar-refractivity contribution >= 4 is 12.4 Å². The molecule has 0 radical (unpaired) electrons. The summed E-state index contributed by atoms with van der Waals surface area (Å²) < 4.78 is 16.1. The van der Waals surface area contributed by atoms with Crippen LogP contribution >= 0.6 is 12.4 Å². The predicted molar refractivity (Wildman–Crippen MR) is 87.7 cm³/mol. The average Bonchev–Trinajstić information content (AvgIpc) is 3.05. The second-order valence-corrected chi connectivity index (χ2v) is 4.49. The predicted octanol–water partition coefficient (Wildman–Crippen LogP) is 4.45. The van der Waals surface area contributed by atoms with E-state index < -0.39 is 0 Å². The molecule has 22 heavy (non-hydrogen) atoms. The van der Waals surface area contributed by atoms with Crippen molar-refractivity contribution in [2.75, 3.05) is 14.2 Å². The lowest BCUT2D eigenvalue weighted by molar-refractivity contribution is 0.415. The Morgan fingerprint density at radius 3 is 1.77 bits per heavy atom. The zero-order valence-electron chi connectivity index (χ0n) is 12.3. The number of nitrogens with zero attached hydrogens (tertiary/aromatic N) is 1. The van der Waals surface area contributed by atoms with Gasteiger partial charge in [-0.3, -0.25) is 0 Å². The maximum atomic E-state index is 5.81. The van der Waals surface area contributed by atoms with E-state index in [1.54, 1.807) is 20.4 Å². The number of methoxy groups -OCH3 is 2. The summed E-state index contributed by atoms with van der Waals surface area (Å²) in [6.07, 6.45) is 1.72. The third-order valence-corrected chi connectivity index (χ3v) is 3.22. The van der Waals surface area contributed by atoms with Crippen LogP contribution in [-0.4, -0.2) is 19.2 Å². The molecular weight excluding hydrogens is 302 g/mol. The van der Waals surface area contributed by atoms with Gasteiger partial charge in [-0.2, -0.15) is 0 Å². The largest absolute Gasteiger partial charge is 0.497 e. The highest BCUT2D eigenvalue weighted by atomic mass is 35.5. The molecule has 0 saturated carbocycles. The molecule has 0 spiro atoms. The second kappa shape index (κ2) is 7.00. The van der Waals surface area contributed by atoms with Gasteiger partial charge in [-0.15, -0.1) is 12.4 Å². The van der Waals surface area contributed by atoms with E-state index in [-0.39, 0.29) is 12.4 Å². The average molecular weight is 318 g/mol. The molecule has 0 amide bonds. The number of benzene rings is 2. The van der Waals surface area contributed by atoms with E-state index in [0.29, 0.717) is 5.89 Å². The van der Waals surface area contributed by atoms with Gasteiger partial charge in [-0.05, 0) is 48.5 Å². The molecule has 0 atom stereocenters. The fourth-order valence-corrected chi connectivity index (χ4v) is 2.03. The van der Waals surface area contributed by atoms with Gasteiger partial charge in [0.15, 0.2) is 5.76 Å². The first kappa shape index (κ1) is 15.9. The Morgan fingerprint density at radius 1 is 0.773 bits per heavy atom. The molecule has 114 valence electrons. The van der Waals surface area contributed by atoms with Crippen molar-refractivity contribution < 1.29 is 13.9 Å². The van der Waals surface area contributed by atoms with Crippen molar-refractivity contribution in [3.8, 4) is 34.3 Å². The van der Waals surface area contributed by atoms with Gasteiger partial charge in [0.05, 0.1) is 20.4 Å². The highest BCUT2D eigenvalue weighted by Gasteiger charge is 2.08. The summed E-state index contributed by atoms with van der Waals surface area (Å²) in [5.74, 6) is 2.93. The fraction of sp³-hybridized carbons (Fsp3) is 0.118. The van der Waals surface area contributed by atoms with Crippen molar-refractivity contribution in [2.45, 2.75) is 0 Å². The molecule has 0 aliphatic carbocycles. The van der Waals surface area contributed by atoms with Gasteiger partial charge in [-0.25, -0.2) is 4.98 Å². The van der Waals surface area contributed by atoms with Gasteiger partial charge in [-0.1, -0.05) is 0 Å². The summed E-state index contributed by atoms with van der Waals surface area (Å²) in [4.78, 5) is 4.32. The van der Waals surface area contributed by atoms with Crippen LogP contribution in [0.25, 0.3) is 22.8 Å². The zero-order chi connectivity index (χ0) is 14.7. The van der Waals surface area contributed by atoms with Gasteiger partial charge in [0.1, 0.15) is 11.5 Å². The highest BCUT2D eigenvalue weighted by molar-refractivity contribution is 5.85. The molecule has 0 unspecified atom stereocenters. The number of ether oxygens (including phenoxy) is 2. The van der Waals surface area contributed by atoms with Crippen molar-refractivity contribution in [1.29, 1.82) is 0 Å². The minimum absolute atomic E-state index is 0. The van der Waals surface area contributed by atoms with Crippen LogP contribution in [0.15, 0.2) is 59.1 Å². The Balaban J connectivity index is 0.00000176. The molecule has 2 aromatic carbocycles. The summed E-state index contributed by atoms with van der Waals surface area (Å²) in [7, 11) is 3.28. The third-order valence-electron chi connectivity index (χ3n) is 3.22. The molecule has 0 bridgehead atoms. The number of halogens is 1. The molecular formula is C17H16ClNO3. The van der Waals surface area contributed by atoms with Crippen LogP contribution in [0.3, 0.4) is 0 Å². The Labute approximate surface area is 135 Å². The van der Waals surface area contributed by atoms with Crippen LogP contribution in [0.2, 0.25) is 0 Å². The lowest BCUT2D eigenvalue weighted by atomic mass is 10.2. The molecule has 0 N–H and O–H groups in total. The van der Waals surface area contributed by atoms with Crippen LogP contribution in [0.4, 0.5) is 0 Å². The summed E-state index contributed by atoms with van der Waals surface area (Å²) >= 11 is 0. The summed E-state index contributed by atoms with van der Waals surface area (Å²) in [5.41, 5.74) is 1.87. The van der Waals surface area contributed by atoms with Crippen molar-refractivity contribution in [2.24, 2.45) is 0 Å². The SMILES string of the molecule is COc1ccc(-c2cnc(-c3ccc(OC)cc3)o2)cc1.Cl. The van der Waals surface area contributed by atoms with Crippen molar-refractivity contribution in [1.82, 2.24) is 4.98 Å². The van der Waals surface area contributed by atoms with Crippen LogP contribution in [0.1, 0.15) is 0 Å². The van der Waals surface area contributed by atoms with Gasteiger partial charge in [0, 0.05) is 11.1 Å². The number of aromatic nitrogens is 1. The third kappa shape index (κ3) is 3.23. The first-order valence-electron chi connectivity index (χ1n) is 6.55. The standard InChI is InChI=1S/C17H15NO3.ClH/c1-19-14-7-3-12(4-8-14)16-11-18-17(21-16)13-5-9-15(20-2)10-6-13;/h3-11H,1-2H3;1H. The Hall–Kier alpha value is -2.46. The first-order valence-corrected chi connectivity index (χ1v) is 6.55. The summed E-state index contributed by atoms with van der Waals surface area (Å²) in [6.45, 7) is 0. The van der Waals surface area contributed by atoms with Gasteiger partial charge in [0.2, 0.25) is 5.89 Å². The van der Waals surface area contributed by atoms with Crippen LogP contribution < -0.4 is 9.47 Å². The molecule has 0 saturated heterocycles. The normalized spacial score (nSPS) is 9.91. The van der Waals surface area contributed by atoms with Crippen LogP contribution in [0, 0.1) is 0 Å². The van der Waals surface area contributed by atoms with Gasteiger partial charge in [0.25, 0.3) is 0 Å². The number of oxazole rings is 1. The molecule has 5 heteroatoms. The quantitative estimate of drug-likeness (QED) is 0.713. The van der Waals surface area contributed by atoms with Gasteiger partial charge < -0.3 is 13.9 Å². The second-order valence-electron chi connectivity index (χ2n) is 4.49. The summed E-state index contributed by atoms with van der Waals surface area (Å²) in [5, 5.41) is 0. The lowest BCUT2D eigenvalue weighted by Crippen LogP contribution is -1.82. The monoisotopic (exact) mass is 317 g/mol.